The summed E-state index contributed by atoms with van der Waals surface area (Å²) in [4.78, 5) is 19.6. The number of ether oxygens (including phenoxy) is 2. The Labute approximate surface area is 122 Å². The molecule has 110 valence electrons. The maximum Gasteiger partial charge on any atom is 0.255 e. The number of hydrogen-bond donors (Lipinski definition) is 2. The van der Waals surface area contributed by atoms with E-state index in [0.717, 1.165) is 29.8 Å². The van der Waals surface area contributed by atoms with E-state index in [-0.39, 0.29) is 5.56 Å². The van der Waals surface area contributed by atoms with E-state index in [1.54, 1.807) is 20.3 Å². The minimum absolute atomic E-state index is 0.0935. The average Bonchev–Trinajstić information content (AvgIpc) is 2.54. The number of rotatable bonds is 3. The van der Waals surface area contributed by atoms with E-state index in [2.05, 4.69) is 15.3 Å². The fraction of sp³-hybridized carbons (Fsp3) is 0.333. The molecular weight excluding hydrogens is 270 g/mol. The van der Waals surface area contributed by atoms with E-state index in [9.17, 15) is 4.79 Å². The standard InChI is InChI=1S/C15H17N3O3/c1-20-10-5-9(6-11(7-10)21-2)14-17-13-3-4-16-8-12(13)15(19)18-14/h5-7,16H,3-4,8H2,1-2H3,(H,17,18,19). The molecule has 1 aliphatic heterocycles. The lowest BCUT2D eigenvalue weighted by molar-refractivity contribution is 0.394. The number of nitrogens with zero attached hydrogens (tertiary/aromatic N) is 1. The highest BCUT2D eigenvalue weighted by molar-refractivity contribution is 5.61. The fourth-order valence-corrected chi connectivity index (χ4v) is 2.43. The maximum atomic E-state index is 12.2. The molecule has 0 spiro atoms. The molecule has 3 rings (SSSR count). The van der Waals surface area contributed by atoms with Gasteiger partial charge in [-0.25, -0.2) is 4.98 Å². The van der Waals surface area contributed by atoms with Crippen molar-refractivity contribution in [3.05, 3.63) is 39.8 Å². The molecular formula is C15H17N3O3. The van der Waals surface area contributed by atoms with Crippen molar-refractivity contribution in [2.24, 2.45) is 0 Å². The zero-order valence-corrected chi connectivity index (χ0v) is 12.0. The SMILES string of the molecule is COc1cc(OC)cc(-c2nc3c(c(=O)[nH]2)CNCC3)c1. The van der Waals surface area contributed by atoms with Crippen LogP contribution in [0.25, 0.3) is 11.4 Å². The molecule has 0 unspecified atom stereocenters. The van der Waals surface area contributed by atoms with Gasteiger partial charge in [0.1, 0.15) is 17.3 Å². The molecule has 1 aromatic heterocycles. The normalized spacial score (nSPS) is 13.6. The number of H-pyrrole nitrogens is 1. The number of methoxy groups -OCH3 is 2. The molecule has 21 heavy (non-hydrogen) atoms. The van der Waals surface area contributed by atoms with Gasteiger partial charge in [-0.2, -0.15) is 0 Å². The Morgan fingerprint density at radius 3 is 2.52 bits per heavy atom. The summed E-state index contributed by atoms with van der Waals surface area (Å²) in [6, 6.07) is 5.44. The van der Waals surface area contributed by atoms with E-state index < -0.39 is 0 Å². The number of fused-ring (bicyclic) bond motifs is 1. The van der Waals surface area contributed by atoms with Gasteiger partial charge in [-0.1, -0.05) is 0 Å². The molecule has 6 heteroatoms. The predicted molar refractivity (Wildman–Crippen MR) is 78.8 cm³/mol. The lowest BCUT2D eigenvalue weighted by atomic mass is 10.1. The minimum Gasteiger partial charge on any atom is -0.497 e. The summed E-state index contributed by atoms with van der Waals surface area (Å²) >= 11 is 0. The van der Waals surface area contributed by atoms with Crippen molar-refractivity contribution in [3.8, 4) is 22.9 Å². The first-order valence-electron chi connectivity index (χ1n) is 6.77. The van der Waals surface area contributed by atoms with Crippen LogP contribution in [0, 0.1) is 0 Å². The first-order valence-corrected chi connectivity index (χ1v) is 6.77. The van der Waals surface area contributed by atoms with Gasteiger partial charge in [0.05, 0.1) is 25.5 Å². The molecule has 0 saturated carbocycles. The molecule has 0 aliphatic carbocycles. The highest BCUT2D eigenvalue weighted by Crippen LogP contribution is 2.27. The summed E-state index contributed by atoms with van der Waals surface area (Å²) in [5, 5.41) is 3.18. The molecule has 0 saturated heterocycles. The van der Waals surface area contributed by atoms with E-state index in [0.29, 0.717) is 23.9 Å². The van der Waals surface area contributed by atoms with Crippen LogP contribution in [-0.4, -0.2) is 30.7 Å². The zero-order valence-electron chi connectivity index (χ0n) is 12.0. The summed E-state index contributed by atoms with van der Waals surface area (Å²) in [6.45, 7) is 1.41. The van der Waals surface area contributed by atoms with Gasteiger partial charge >= 0.3 is 0 Å². The third kappa shape index (κ3) is 2.62. The van der Waals surface area contributed by atoms with Gasteiger partial charge in [-0.15, -0.1) is 0 Å². The molecule has 1 aliphatic rings. The fourth-order valence-electron chi connectivity index (χ4n) is 2.43. The van der Waals surface area contributed by atoms with E-state index >= 15 is 0 Å². The molecule has 0 atom stereocenters. The number of aromatic nitrogens is 2. The number of benzene rings is 1. The van der Waals surface area contributed by atoms with Crippen LogP contribution in [0.1, 0.15) is 11.3 Å². The van der Waals surface area contributed by atoms with Crippen LogP contribution in [0.5, 0.6) is 11.5 Å². The third-order valence-corrected chi connectivity index (χ3v) is 3.57. The number of hydrogen-bond acceptors (Lipinski definition) is 5. The van der Waals surface area contributed by atoms with Crippen LogP contribution >= 0.6 is 0 Å². The van der Waals surface area contributed by atoms with Crippen molar-refractivity contribution in [2.45, 2.75) is 13.0 Å². The van der Waals surface area contributed by atoms with Gasteiger partial charge in [-0.05, 0) is 12.1 Å². The van der Waals surface area contributed by atoms with Gasteiger partial charge in [0, 0.05) is 31.1 Å². The molecule has 2 aromatic rings. The Hall–Kier alpha value is -2.34. The first-order chi connectivity index (χ1) is 10.2. The molecule has 2 heterocycles. The van der Waals surface area contributed by atoms with Gasteiger partial charge in [0.15, 0.2) is 0 Å². The molecule has 2 N–H and O–H groups in total. The zero-order chi connectivity index (χ0) is 14.8. The van der Waals surface area contributed by atoms with Crippen LogP contribution in [-0.2, 0) is 13.0 Å². The Balaban J connectivity index is 2.12. The topological polar surface area (TPSA) is 76.2 Å². The lowest BCUT2D eigenvalue weighted by Crippen LogP contribution is -2.31. The van der Waals surface area contributed by atoms with Gasteiger partial charge in [-0.3, -0.25) is 4.79 Å². The monoisotopic (exact) mass is 287 g/mol. The van der Waals surface area contributed by atoms with Crippen molar-refractivity contribution >= 4 is 0 Å². The highest BCUT2D eigenvalue weighted by atomic mass is 16.5. The second kappa shape index (κ2) is 5.57. The van der Waals surface area contributed by atoms with E-state index in [1.807, 2.05) is 12.1 Å². The van der Waals surface area contributed by atoms with Gasteiger partial charge < -0.3 is 19.8 Å². The second-order valence-electron chi connectivity index (χ2n) is 4.87. The predicted octanol–water partition coefficient (Wildman–Crippen LogP) is 1.10. The van der Waals surface area contributed by atoms with Crippen molar-refractivity contribution in [1.29, 1.82) is 0 Å². The van der Waals surface area contributed by atoms with Crippen LogP contribution in [0.2, 0.25) is 0 Å². The lowest BCUT2D eigenvalue weighted by Gasteiger charge is -2.16. The van der Waals surface area contributed by atoms with Crippen LogP contribution in [0.15, 0.2) is 23.0 Å². The van der Waals surface area contributed by atoms with Crippen molar-refractivity contribution in [2.75, 3.05) is 20.8 Å². The Bertz CT molecular complexity index is 702. The van der Waals surface area contributed by atoms with Crippen molar-refractivity contribution in [3.63, 3.8) is 0 Å². The first kappa shape index (κ1) is 13.6. The summed E-state index contributed by atoms with van der Waals surface area (Å²) in [6.07, 6.45) is 0.757. The third-order valence-electron chi connectivity index (χ3n) is 3.57. The summed E-state index contributed by atoms with van der Waals surface area (Å²) in [7, 11) is 3.18. The summed E-state index contributed by atoms with van der Waals surface area (Å²) < 4.78 is 10.5. The largest absolute Gasteiger partial charge is 0.497 e. The average molecular weight is 287 g/mol. The number of nitrogens with one attached hydrogen (secondary N) is 2. The minimum atomic E-state index is -0.0935. The van der Waals surface area contributed by atoms with E-state index in [4.69, 9.17) is 9.47 Å². The van der Waals surface area contributed by atoms with Crippen molar-refractivity contribution < 1.29 is 9.47 Å². The molecule has 0 fully saturated rings. The molecule has 6 nitrogen and oxygen atoms in total. The molecule has 0 amide bonds. The Morgan fingerprint density at radius 1 is 1.14 bits per heavy atom. The smallest absolute Gasteiger partial charge is 0.255 e. The quantitative estimate of drug-likeness (QED) is 0.884. The highest BCUT2D eigenvalue weighted by Gasteiger charge is 2.16. The molecule has 0 radical (unpaired) electrons. The molecule has 1 aromatic carbocycles. The van der Waals surface area contributed by atoms with E-state index in [1.165, 1.54) is 0 Å². The van der Waals surface area contributed by atoms with Crippen LogP contribution in [0.4, 0.5) is 0 Å². The summed E-state index contributed by atoms with van der Waals surface area (Å²) in [5.74, 6) is 1.86. The number of aromatic amines is 1. The van der Waals surface area contributed by atoms with Crippen LogP contribution in [0.3, 0.4) is 0 Å². The second-order valence-corrected chi connectivity index (χ2v) is 4.87. The van der Waals surface area contributed by atoms with Crippen LogP contribution < -0.4 is 20.3 Å². The maximum absolute atomic E-state index is 12.2. The Morgan fingerprint density at radius 2 is 1.86 bits per heavy atom. The molecule has 0 bridgehead atoms. The summed E-state index contributed by atoms with van der Waals surface area (Å²) in [5.41, 5.74) is 2.25. The van der Waals surface area contributed by atoms with Gasteiger partial charge in [0.25, 0.3) is 5.56 Å². The Kier molecular flexibility index (Phi) is 3.62. The van der Waals surface area contributed by atoms with Crippen molar-refractivity contribution in [1.82, 2.24) is 15.3 Å². The van der Waals surface area contributed by atoms with Gasteiger partial charge in [0.2, 0.25) is 0 Å².